The maximum atomic E-state index is 12.1. The number of hydrogen-bond acceptors (Lipinski definition) is 4. The van der Waals surface area contributed by atoms with Gasteiger partial charge in [0, 0.05) is 23.6 Å². The maximum Gasteiger partial charge on any atom is 0.332 e. The van der Waals surface area contributed by atoms with E-state index in [1.807, 2.05) is 6.07 Å². The van der Waals surface area contributed by atoms with E-state index in [0.29, 0.717) is 24.5 Å². The Morgan fingerprint density at radius 2 is 2.09 bits per heavy atom. The molecule has 6 nitrogen and oxygen atoms in total. The molecule has 0 aliphatic carbocycles. The third-order valence-corrected chi connectivity index (χ3v) is 4.08. The largest absolute Gasteiger partial charge is 0.493 e. The van der Waals surface area contributed by atoms with Crippen LogP contribution in [0.2, 0.25) is 5.02 Å². The van der Waals surface area contributed by atoms with E-state index in [9.17, 15) is 9.59 Å². The zero-order chi connectivity index (χ0) is 15.7. The maximum absolute atomic E-state index is 12.1. The van der Waals surface area contributed by atoms with Gasteiger partial charge in [-0.05, 0) is 30.5 Å². The molecule has 1 aromatic rings. The molecule has 2 N–H and O–H groups in total. The van der Waals surface area contributed by atoms with Gasteiger partial charge in [0.2, 0.25) is 5.91 Å². The zero-order valence-corrected chi connectivity index (χ0v) is 12.6. The fraction of sp³-hybridized carbons (Fsp3) is 0.467. The highest BCUT2D eigenvalue weighted by Crippen LogP contribution is 2.32. The molecule has 2 aliphatic heterocycles. The number of benzene rings is 1. The molecule has 3 rings (SSSR count). The molecule has 0 radical (unpaired) electrons. The number of ether oxygens (including phenoxy) is 2. The second-order valence-corrected chi connectivity index (χ2v) is 5.83. The predicted octanol–water partition coefficient (Wildman–Crippen LogP) is 1.52. The van der Waals surface area contributed by atoms with Crippen LogP contribution in [0.3, 0.4) is 0 Å². The van der Waals surface area contributed by atoms with E-state index in [1.165, 1.54) is 0 Å². The zero-order valence-electron chi connectivity index (χ0n) is 11.8. The van der Waals surface area contributed by atoms with E-state index in [1.54, 1.807) is 6.07 Å². The quantitative estimate of drug-likeness (QED) is 0.877. The summed E-state index contributed by atoms with van der Waals surface area (Å²) >= 11 is 6.07. The van der Waals surface area contributed by atoms with Gasteiger partial charge in [-0.1, -0.05) is 11.6 Å². The smallest absolute Gasteiger partial charge is 0.332 e. The summed E-state index contributed by atoms with van der Waals surface area (Å²) in [6.07, 6.45) is -0.0393. The number of carbonyl (C=O) groups excluding carboxylic acids is 1. The summed E-state index contributed by atoms with van der Waals surface area (Å²) in [5.74, 6) is -0.563. The molecular weight excluding hydrogens is 310 g/mol. The number of carboxylic acid groups (broad SMARTS) is 1. The van der Waals surface area contributed by atoms with Gasteiger partial charge in [0.05, 0.1) is 6.61 Å². The Balaban J connectivity index is 1.62. The Kier molecular flexibility index (Phi) is 4.22. The van der Waals surface area contributed by atoms with Crippen LogP contribution in [0.15, 0.2) is 12.1 Å². The van der Waals surface area contributed by atoms with Crippen molar-refractivity contribution in [3.8, 4) is 5.75 Å². The highest BCUT2D eigenvalue weighted by atomic mass is 35.5. The average molecular weight is 326 g/mol. The Hall–Kier alpha value is -1.79. The Bertz CT molecular complexity index is 618. The first-order valence-corrected chi connectivity index (χ1v) is 7.52. The first-order valence-electron chi connectivity index (χ1n) is 7.14. The van der Waals surface area contributed by atoms with E-state index in [-0.39, 0.29) is 12.5 Å². The molecule has 1 fully saturated rings. The molecule has 1 saturated heterocycles. The lowest BCUT2D eigenvalue weighted by molar-refractivity contribution is -0.151. The predicted molar refractivity (Wildman–Crippen MR) is 78.0 cm³/mol. The van der Waals surface area contributed by atoms with E-state index >= 15 is 0 Å². The van der Waals surface area contributed by atoms with Crippen molar-refractivity contribution in [3.63, 3.8) is 0 Å². The van der Waals surface area contributed by atoms with Gasteiger partial charge in [0.1, 0.15) is 11.9 Å². The van der Waals surface area contributed by atoms with Crippen LogP contribution in [-0.4, -0.2) is 35.8 Å². The van der Waals surface area contributed by atoms with Crippen molar-refractivity contribution in [3.05, 3.63) is 28.3 Å². The van der Waals surface area contributed by atoms with Gasteiger partial charge in [-0.3, -0.25) is 4.79 Å². The standard InChI is InChI=1S/C15H16ClNO5/c16-10-5-8-3-4-21-13(8)9(6-10)7-17-14(18)11-1-2-12(22-11)15(19)20/h5-6,11-12H,1-4,7H2,(H,17,18)(H,19,20)/t11-,12+/m0/s1. The van der Waals surface area contributed by atoms with Gasteiger partial charge in [0.25, 0.3) is 0 Å². The number of aliphatic carboxylic acids is 1. The summed E-state index contributed by atoms with van der Waals surface area (Å²) in [6.45, 7) is 0.891. The van der Waals surface area contributed by atoms with Crippen molar-refractivity contribution >= 4 is 23.5 Å². The number of carboxylic acids is 1. The van der Waals surface area contributed by atoms with E-state index in [2.05, 4.69) is 5.32 Å². The minimum atomic E-state index is -1.03. The summed E-state index contributed by atoms with van der Waals surface area (Å²) in [5, 5.41) is 12.2. The molecule has 1 aromatic carbocycles. The molecular formula is C15H16ClNO5. The Morgan fingerprint density at radius 3 is 2.82 bits per heavy atom. The highest BCUT2D eigenvalue weighted by Gasteiger charge is 2.34. The number of fused-ring (bicyclic) bond motifs is 1. The first-order chi connectivity index (χ1) is 10.5. The van der Waals surface area contributed by atoms with Crippen LogP contribution in [0.25, 0.3) is 0 Å². The highest BCUT2D eigenvalue weighted by molar-refractivity contribution is 6.30. The molecule has 0 bridgehead atoms. The van der Waals surface area contributed by atoms with Crippen molar-refractivity contribution in [2.24, 2.45) is 0 Å². The van der Waals surface area contributed by atoms with Gasteiger partial charge in [-0.2, -0.15) is 0 Å². The topological polar surface area (TPSA) is 84.9 Å². The van der Waals surface area contributed by atoms with Crippen molar-refractivity contribution in [1.29, 1.82) is 0 Å². The van der Waals surface area contributed by atoms with Crippen LogP contribution in [-0.2, 0) is 27.3 Å². The monoisotopic (exact) mass is 325 g/mol. The minimum absolute atomic E-state index is 0.277. The Labute approximate surface area is 132 Å². The molecule has 1 amide bonds. The second-order valence-electron chi connectivity index (χ2n) is 5.40. The fourth-order valence-electron chi connectivity index (χ4n) is 2.79. The number of amides is 1. The molecule has 7 heteroatoms. The SMILES string of the molecule is O=C(NCc1cc(Cl)cc2c1OCC2)[C@@H]1CC[C@H](C(=O)O)O1. The van der Waals surface area contributed by atoms with Gasteiger partial charge in [-0.25, -0.2) is 4.79 Å². The van der Waals surface area contributed by atoms with Gasteiger partial charge in [-0.15, -0.1) is 0 Å². The summed E-state index contributed by atoms with van der Waals surface area (Å²) in [4.78, 5) is 22.9. The Morgan fingerprint density at radius 1 is 1.32 bits per heavy atom. The molecule has 0 aromatic heterocycles. The molecule has 118 valence electrons. The van der Waals surface area contributed by atoms with Gasteiger partial charge in [0.15, 0.2) is 6.10 Å². The molecule has 0 spiro atoms. The normalized spacial score (nSPS) is 23.0. The third kappa shape index (κ3) is 3.03. The second kappa shape index (κ2) is 6.14. The fourth-order valence-corrected chi connectivity index (χ4v) is 3.05. The number of hydrogen-bond donors (Lipinski definition) is 2. The van der Waals surface area contributed by atoms with Crippen LogP contribution in [0.1, 0.15) is 24.0 Å². The van der Waals surface area contributed by atoms with E-state index in [0.717, 1.165) is 23.3 Å². The number of halogens is 1. The molecule has 0 unspecified atom stereocenters. The molecule has 22 heavy (non-hydrogen) atoms. The first kappa shape index (κ1) is 15.1. The summed E-state index contributed by atoms with van der Waals surface area (Å²) in [6, 6.07) is 3.63. The van der Waals surface area contributed by atoms with Crippen LogP contribution < -0.4 is 10.1 Å². The summed E-state index contributed by atoms with van der Waals surface area (Å²) in [7, 11) is 0. The molecule has 2 aliphatic rings. The third-order valence-electron chi connectivity index (χ3n) is 3.87. The lowest BCUT2D eigenvalue weighted by atomic mass is 10.1. The van der Waals surface area contributed by atoms with Crippen LogP contribution in [0, 0.1) is 0 Å². The van der Waals surface area contributed by atoms with Crippen molar-refractivity contribution < 1.29 is 24.2 Å². The minimum Gasteiger partial charge on any atom is -0.493 e. The molecule has 2 atom stereocenters. The summed E-state index contributed by atoms with van der Waals surface area (Å²) < 4.78 is 10.8. The van der Waals surface area contributed by atoms with Crippen LogP contribution >= 0.6 is 11.6 Å². The lowest BCUT2D eigenvalue weighted by Gasteiger charge is -2.13. The lowest BCUT2D eigenvalue weighted by Crippen LogP contribution is -2.35. The molecule has 2 heterocycles. The van der Waals surface area contributed by atoms with Crippen molar-refractivity contribution in [2.45, 2.75) is 38.0 Å². The van der Waals surface area contributed by atoms with Gasteiger partial charge < -0.3 is 19.9 Å². The molecule has 0 saturated carbocycles. The number of carbonyl (C=O) groups is 2. The van der Waals surface area contributed by atoms with Crippen LogP contribution in [0.5, 0.6) is 5.75 Å². The number of rotatable bonds is 4. The average Bonchev–Trinajstić information content (AvgIpc) is 3.12. The number of nitrogens with one attached hydrogen (secondary N) is 1. The van der Waals surface area contributed by atoms with Crippen LogP contribution in [0.4, 0.5) is 0 Å². The van der Waals surface area contributed by atoms with Gasteiger partial charge >= 0.3 is 5.97 Å². The van der Waals surface area contributed by atoms with Crippen molar-refractivity contribution in [1.82, 2.24) is 5.32 Å². The van der Waals surface area contributed by atoms with E-state index < -0.39 is 18.2 Å². The van der Waals surface area contributed by atoms with Crippen molar-refractivity contribution in [2.75, 3.05) is 6.61 Å². The van der Waals surface area contributed by atoms with E-state index in [4.69, 9.17) is 26.2 Å². The summed E-state index contributed by atoms with van der Waals surface area (Å²) in [5.41, 5.74) is 1.86.